The molecule has 23 heavy (non-hydrogen) atoms. The van der Waals surface area contributed by atoms with Crippen molar-refractivity contribution >= 4 is 29.2 Å². The number of rotatable bonds is 3. The highest BCUT2D eigenvalue weighted by Crippen LogP contribution is 2.28. The number of nitrogens with zero attached hydrogens (tertiary/aromatic N) is 2. The molecule has 8 nitrogen and oxygen atoms in total. The summed E-state index contributed by atoms with van der Waals surface area (Å²) in [5.41, 5.74) is 1.63. The SMILES string of the molecule is Cc1cc(C(=O)OCC(=O)N2CC(=O)Nc3ccccc32)on1. The van der Waals surface area contributed by atoms with Gasteiger partial charge in [-0.25, -0.2) is 4.79 Å². The summed E-state index contributed by atoms with van der Waals surface area (Å²) in [7, 11) is 0. The van der Waals surface area contributed by atoms with Gasteiger partial charge in [0, 0.05) is 6.07 Å². The number of carbonyl (C=O) groups is 3. The number of para-hydroxylation sites is 2. The number of aromatic nitrogens is 1. The molecule has 1 aromatic carbocycles. The number of anilines is 2. The second-order valence-electron chi connectivity index (χ2n) is 4.95. The molecule has 3 rings (SSSR count). The zero-order chi connectivity index (χ0) is 16.4. The lowest BCUT2D eigenvalue weighted by Gasteiger charge is -2.28. The lowest BCUT2D eigenvalue weighted by Crippen LogP contribution is -2.44. The maximum absolute atomic E-state index is 12.3. The molecular formula is C15H13N3O5. The van der Waals surface area contributed by atoms with Crippen molar-refractivity contribution in [2.45, 2.75) is 6.92 Å². The smallest absolute Gasteiger partial charge is 0.377 e. The Morgan fingerprint density at radius 3 is 2.91 bits per heavy atom. The van der Waals surface area contributed by atoms with Crippen LogP contribution in [-0.4, -0.2) is 36.1 Å². The van der Waals surface area contributed by atoms with Crippen molar-refractivity contribution < 1.29 is 23.6 Å². The Hall–Kier alpha value is -3.16. The largest absolute Gasteiger partial charge is 0.450 e. The standard InChI is InChI=1S/C15H13N3O5/c1-9-6-12(23-17-9)15(21)22-8-14(20)18-7-13(19)16-10-4-2-3-5-11(10)18/h2-6H,7-8H2,1H3,(H,16,19). The lowest BCUT2D eigenvalue weighted by atomic mass is 10.2. The average Bonchev–Trinajstić information content (AvgIpc) is 2.98. The van der Waals surface area contributed by atoms with E-state index in [-0.39, 0.29) is 18.2 Å². The first-order valence-electron chi connectivity index (χ1n) is 6.84. The van der Waals surface area contributed by atoms with Gasteiger partial charge in [-0.05, 0) is 19.1 Å². The van der Waals surface area contributed by atoms with Crippen molar-refractivity contribution in [3.8, 4) is 0 Å². The molecule has 2 aromatic rings. The summed E-state index contributed by atoms with van der Waals surface area (Å²) in [5, 5.41) is 6.24. The average molecular weight is 315 g/mol. The highest BCUT2D eigenvalue weighted by Gasteiger charge is 2.27. The summed E-state index contributed by atoms with van der Waals surface area (Å²) in [4.78, 5) is 37.0. The molecule has 8 heteroatoms. The Bertz CT molecular complexity index is 783. The predicted octanol–water partition coefficient (Wildman–Crippen LogP) is 1.13. The number of carbonyl (C=O) groups excluding carboxylic acids is 3. The van der Waals surface area contributed by atoms with E-state index in [9.17, 15) is 14.4 Å². The van der Waals surface area contributed by atoms with Crippen molar-refractivity contribution in [1.82, 2.24) is 5.16 Å². The number of benzene rings is 1. The van der Waals surface area contributed by atoms with Crippen LogP contribution >= 0.6 is 0 Å². The maximum Gasteiger partial charge on any atom is 0.377 e. The molecule has 2 amide bonds. The molecule has 0 saturated carbocycles. The van der Waals surface area contributed by atoms with Gasteiger partial charge in [0.2, 0.25) is 11.7 Å². The predicted molar refractivity (Wildman–Crippen MR) is 78.9 cm³/mol. The van der Waals surface area contributed by atoms with E-state index in [0.717, 1.165) is 0 Å². The molecule has 1 N–H and O–H groups in total. The Balaban J connectivity index is 1.69. The summed E-state index contributed by atoms with van der Waals surface area (Å²) in [6.45, 7) is 1.03. The van der Waals surface area contributed by atoms with Crippen LogP contribution in [0.5, 0.6) is 0 Å². The zero-order valence-corrected chi connectivity index (χ0v) is 12.2. The molecule has 0 radical (unpaired) electrons. The van der Waals surface area contributed by atoms with Crippen LogP contribution < -0.4 is 10.2 Å². The number of fused-ring (bicyclic) bond motifs is 1. The van der Waals surface area contributed by atoms with Crippen molar-refractivity contribution in [3.63, 3.8) is 0 Å². The van der Waals surface area contributed by atoms with Crippen molar-refractivity contribution in [3.05, 3.63) is 41.8 Å². The van der Waals surface area contributed by atoms with Gasteiger partial charge in [0.15, 0.2) is 6.61 Å². The van der Waals surface area contributed by atoms with E-state index in [1.807, 2.05) is 0 Å². The minimum atomic E-state index is -0.784. The maximum atomic E-state index is 12.3. The molecule has 0 fully saturated rings. The molecular weight excluding hydrogens is 302 g/mol. The Morgan fingerprint density at radius 1 is 1.39 bits per heavy atom. The van der Waals surface area contributed by atoms with Crippen LogP contribution in [0.4, 0.5) is 11.4 Å². The highest BCUT2D eigenvalue weighted by atomic mass is 16.6. The fourth-order valence-electron chi connectivity index (χ4n) is 2.19. The van der Waals surface area contributed by atoms with E-state index in [0.29, 0.717) is 17.1 Å². The van der Waals surface area contributed by atoms with E-state index in [4.69, 9.17) is 9.26 Å². The second kappa shape index (κ2) is 5.91. The highest BCUT2D eigenvalue weighted by molar-refractivity contribution is 6.10. The summed E-state index contributed by atoms with van der Waals surface area (Å²) in [5.74, 6) is -1.67. The zero-order valence-electron chi connectivity index (χ0n) is 12.2. The number of nitrogens with one attached hydrogen (secondary N) is 1. The minimum absolute atomic E-state index is 0.0768. The van der Waals surface area contributed by atoms with Gasteiger partial charge in [-0.1, -0.05) is 17.3 Å². The van der Waals surface area contributed by atoms with Crippen LogP contribution in [0.15, 0.2) is 34.9 Å². The fraction of sp³-hybridized carbons (Fsp3) is 0.200. The van der Waals surface area contributed by atoms with Crippen LogP contribution in [0, 0.1) is 6.92 Å². The molecule has 0 atom stereocenters. The molecule has 118 valence electrons. The molecule has 0 unspecified atom stereocenters. The monoisotopic (exact) mass is 315 g/mol. The topological polar surface area (TPSA) is 102 Å². The van der Waals surface area contributed by atoms with E-state index in [2.05, 4.69) is 10.5 Å². The number of hydrogen-bond acceptors (Lipinski definition) is 6. The lowest BCUT2D eigenvalue weighted by molar-refractivity contribution is -0.124. The van der Waals surface area contributed by atoms with Gasteiger partial charge in [0.25, 0.3) is 5.91 Å². The summed E-state index contributed by atoms with van der Waals surface area (Å²) >= 11 is 0. The van der Waals surface area contributed by atoms with Crippen LogP contribution in [-0.2, 0) is 14.3 Å². The van der Waals surface area contributed by atoms with Gasteiger partial charge in [-0.2, -0.15) is 0 Å². The third-order valence-corrected chi connectivity index (χ3v) is 3.23. The second-order valence-corrected chi connectivity index (χ2v) is 4.95. The normalized spacial score (nSPS) is 13.3. The van der Waals surface area contributed by atoms with Crippen LogP contribution in [0.25, 0.3) is 0 Å². The molecule has 2 heterocycles. The minimum Gasteiger partial charge on any atom is -0.450 e. The molecule has 0 bridgehead atoms. The molecule has 1 aromatic heterocycles. The van der Waals surface area contributed by atoms with Gasteiger partial charge >= 0.3 is 5.97 Å². The molecule has 0 saturated heterocycles. The summed E-state index contributed by atoms with van der Waals surface area (Å²) in [6.07, 6.45) is 0. The van der Waals surface area contributed by atoms with Gasteiger partial charge in [0.05, 0.1) is 17.1 Å². The third-order valence-electron chi connectivity index (χ3n) is 3.23. The number of ether oxygens (including phenoxy) is 1. The van der Waals surface area contributed by atoms with Gasteiger partial charge in [-0.15, -0.1) is 0 Å². The van der Waals surface area contributed by atoms with E-state index in [1.54, 1.807) is 31.2 Å². The van der Waals surface area contributed by atoms with E-state index < -0.39 is 18.5 Å². The van der Waals surface area contributed by atoms with Crippen molar-refractivity contribution in [1.29, 1.82) is 0 Å². The number of esters is 1. The van der Waals surface area contributed by atoms with Crippen LogP contribution in [0.3, 0.4) is 0 Å². The van der Waals surface area contributed by atoms with Crippen molar-refractivity contribution in [2.24, 2.45) is 0 Å². The van der Waals surface area contributed by atoms with E-state index >= 15 is 0 Å². The Kier molecular flexibility index (Phi) is 3.80. The van der Waals surface area contributed by atoms with E-state index in [1.165, 1.54) is 11.0 Å². The molecule has 0 aliphatic carbocycles. The first-order valence-corrected chi connectivity index (χ1v) is 6.84. The van der Waals surface area contributed by atoms with Gasteiger partial charge in [0.1, 0.15) is 6.54 Å². The molecule has 1 aliphatic rings. The van der Waals surface area contributed by atoms with Crippen molar-refractivity contribution in [2.75, 3.05) is 23.4 Å². The van der Waals surface area contributed by atoms with Gasteiger partial charge < -0.3 is 14.6 Å². The first-order chi connectivity index (χ1) is 11.0. The number of aryl methyl sites for hydroxylation is 1. The first kappa shape index (κ1) is 14.8. The molecule has 0 spiro atoms. The van der Waals surface area contributed by atoms with Crippen LogP contribution in [0.2, 0.25) is 0 Å². The third kappa shape index (κ3) is 3.05. The fourth-order valence-corrected chi connectivity index (χ4v) is 2.19. The summed E-state index contributed by atoms with van der Waals surface area (Å²) < 4.78 is 9.67. The summed E-state index contributed by atoms with van der Waals surface area (Å²) in [6, 6.07) is 8.31. The Morgan fingerprint density at radius 2 is 2.17 bits per heavy atom. The number of amides is 2. The quantitative estimate of drug-likeness (QED) is 0.852. The van der Waals surface area contributed by atoms with Gasteiger partial charge in [-0.3, -0.25) is 14.5 Å². The molecule has 1 aliphatic heterocycles. The van der Waals surface area contributed by atoms with Crippen LogP contribution in [0.1, 0.15) is 16.2 Å². The number of hydrogen-bond donors (Lipinski definition) is 1. The Labute approximate surface area is 131 Å².